The molecular formula is C16H24N2O2. The molecule has 1 fully saturated rings. The van der Waals surface area contributed by atoms with Crippen LogP contribution in [0, 0.1) is 0 Å². The Bertz CT molecular complexity index is 434. The molecule has 4 nitrogen and oxygen atoms in total. The lowest BCUT2D eigenvalue weighted by Gasteiger charge is -2.24. The molecule has 1 amide bonds. The Morgan fingerprint density at radius 1 is 1.20 bits per heavy atom. The maximum atomic E-state index is 12.0. The van der Waals surface area contributed by atoms with Gasteiger partial charge in [0.25, 0.3) is 0 Å². The van der Waals surface area contributed by atoms with E-state index < -0.39 is 0 Å². The fourth-order valence-electron chi connectivity index (χ4n) is 2.49. The predicted molar refractivity (Wildman–Crippen MR) is 79.5 cm³/mol. The lowest BCUT2D eigenvalue weighted by atomic mass is 10.1. The van der Waals surface area contributed by atoms with Gasteiger partial charge in [-0.3, -0.25) is 4.79 Å². The topological polar surface area (TPSA) is 55.6 Å². The fraction of sp³-hybridized carbons (Fsp3) is 0.562. The highest BCUT2D eigenvalue weighted by Gasteiger charge is 2.15. The summed E-state index contributed by atoms with van der Waals surface area (Å²) < 4.78 is 5.72. The van der Waals surface area contributed by atoms with Crippen molar-refractivity contribution in [3.63, 3.8) is 0 Å². The van der Waals surface area contributed by atoms with E-state index in [-0.39, 0.29) is 5.91 Å². The minimum absolute atomic E-state index is 0.268. The molecule has 2 N–H and O–H groups in total. The van der Waals surface area contributed by atoms with Crippen molar-refractivity contribution in [1.29, 1.82) is 0 Å². The summed E-state index contributed by atoms with van der Waals surface area (Å²) in [6.07, 6.45) is 5.22. The van der Waals surface area contributed by atoms with Gasteiger partial charge >= 0.3 is 0 Å². The molecule has 1 aromatic carbocycles. The van der Waals surface area contributed by atoms with Gasteiger partial charge in [-0.25, -0.2) is 0 Å². The van der Waals surface area contributed by atoms with Gasteiger partial charge in [0.2, 0.25) is 5.91 Å². The smallest absolute Gasteiger partial charge is 0.222 e. The van der Waals surface area contributed by atoms with Crippen LogP contribution in [-0.4, -0.2) is 30.5 Å². The van der Waals surface area contributed by atoms with Gasteiger partial charge in [-0.2, -0.15) is 0 Å². The lowest BCUT2D eigenvalue weighted by molar-refractivity contribution is -0.132. The molecule has 1 aliphatic rings. The first-order chi connectivity index (χ1) is 9.79. The number of rotatable bonds is 5. The SMILES string of the molecule is NCc1cccc(OCCN2CCCCCCC2=O)c1. The highest BCUT2D eigenvalue weighted by molar-refractivity contribution is 5.76. The summed E-state index contributed by atoms with van der Waals surface area (Å²) in [5, 5.41) is 0. The van der Waals surface area contributed by atoms with Gasteiger partial charge in [-0.05, 0) is 30.5 Å². The zero-order valence-corrected chi connectivity index (χ0v) is 12.0. The number of hydrogen-bond donors (Lipinski definition) is 1. The average Bonchev–Trinajstić information content (AvgIpc) is 2.46. The molecule has 0 radical (unpaired) electrons. The summed E-state index contributed by atoms with van der Waals surface area (Å²) in [4.78, 5) is 13.9. The molecule has 2 rings (SSSR count). The van der Waals surface area contributed by atoms with Gasteiger partial charge in [-0.15, -0.1) is 0 Å². The van der Waals surface area contributed by atoms with Gasteiger partial charge in [0, 0.05) is 19.5 Å². The third-order valence-electron chi connectivity index (χ3n) is 3.69. The van der Waals surface area contributed by atoms with Crippen molar-refractivity contribution in [2.45, 2.75) is 38.6 Å². The first-order valence-corrected chi connectivity index (χ1v) is 7.49. The number of benzene rings is 1. The Balaban J connectivity index is 1.79. The first kappa shape index (κ1) is 14.9. The van der Waals surface area contributed by atoms with E-state index >= 15 is 0 Å². The zero-order valence-electron chi connectivity index (χ0n) is 12.0. The van der Waals surface area contributed by atoms with Crippen molar-refractivity contribution in [3.05, 3.63) is 29.8 Å². The van der Waals surface area contributed by atoms with Gasteiger partial charge in [0.1, 0.15) is 12.4 Å². The summed E-state index contributed by atoms with van der Waals surface area (Å²) in [7, 11) is 0. The summed E-state index contributed by atoms with van der Waals surface area (Å²) in [5.74, 6) is 1.09. The normalized spacial score (nSPS) is 16.6. The van der Waals surface area contributed by atoms with Crippen LogP contribution in [0.25, 0.3) is 0 Å². The average molecular weight is 276 g/mol. The molecule has 0 spiro atoms. The molecule has 20 heavy (non-hydrogen) atoms. The standard InChI is InChI=1S/C16H24N2O2/c17-13-14-6-5-7-15(12-14)20-11-10-18-9-4-2-1-3-8-16(18)19/h5-7,12H,1-4,8-11,13,17H2. The molecule has 0 bridgehead atoms. The summed E-state index contributed by atoms with van der Waals surface area (Å²) in [5.41, 5.74) is 6.67. The number of ether oxygens (including phenoxy) is 1. The van der Waals surface area contributed by atoms with Gasteiger partial charge in [0.05, 0.1) is 6.54 Å². The molecule has 0 saturated carbocycles. The van der Waals surface area contributed by atoms with E-state index in [4.69, 9.17) is 10.5 Å². The molecular weight excluding hydrogens is 252 g/mol. The molecule has 0 unspecified atom stereocenters. The summed E-state index contributed by atoms with van der Waals surface area (Å²) in [6.45, 7) is 2.60. The third-order valence-corrected chi connectivity index (χ3v) is 3.69. The van der Waals surface area contributed by atoms with E-state index in [1.807, 2.05) is 29.2 Å². The minimum atomic E-state index is 0.268. The Kier molecular flexibility index (Phi) is 5.87. The van der Waals surface area contributed by atoms with E-state index in [0.29, 0.717) is 26.1 Å². The van der Waals surface area contributed by atoms with E-state index in [1.165, 1.54) is 12.8 Å². The second-order valence-electron chi connectivity index (χ2n) is 5.24. The molecule has 1 aliphatic heterocycles. The lowest BCUT2D eigenvalue weighted by Crippen LogP contribution is -2.36. The van der Waals surface area contributed by atoms with Crippen LogP contribution in [0.15, 0.2) is 24.3 Å². The second kappa shape index (κ2) is 7.90. The van der Waals surface area contributed by atoms with Crippen LogP contribution in [-0.2, 0) is 11.3 Å². The Hall–Kier alpha value is -1.55. The second-order valence-corrected chi connectivity index (χ2v) is 5.24. The van der Waals surface area contributed by atoms with Crippen LogP contribution < -0.4 is 10.5 Å². The van der Waals surface area contributed by atoms with Crippen molar-refractivity contribution in [3.8, 4) is 5.75 Å². The van der Waals surface area contributed by atoms with Crippen LogP contribution in [0.4, 0.5) is 0 Å². The van der Waals surface area contributed by atoms with E-state index in [9.17, 15) is 4.79 Å². The first-order valence-electron chi connectivity index (χ1n) is 7.49. The maximum absolute atomic E-state index is 12.0. The van der Waals surface area contributed by atoms with Crippen molar-refractivity contribution in [2.24, 2.45) is 5.73 Å². The number of hydrogen-bond acceptors (Lipinski definition) is 3. The Labute approximate surface area is 120 Å². The van der Waals surface area contributed by atoms with Crippen molar-refractivity contribution in [1.82, 2.24) is 4.90 Å². The minimum Gasteiger partial charge on any atom is -0.492 e. The zero-order chi connectivity index (χ0) is 14.2. The number of nitrogens with zero attached hydrogens (tertiary/aromatic N) is 1. The highest BCUT2D eigenvalue weighted by atomic mass is 16.5. The quantitative estimate of drug-likeness (QED) is 0.898. The molecule has 110 valence electrons. The molecule has 0 aliphatic carbocycles. The maximum Gasteiger partial charge on any atom is 0.222 e. The number of nitrogens with two attached hydrogens (primary N) is 1. The molecule has 0 aromatic heterocycles. The Morgan fingerprint density at radius 3 is 2.90 bits per heavy atom. The molecule has 4 heteroatoms. The Morgan fingerprint density at radius 2 is 2.05 bits per heavy atom. The molecule has 1 saturated heterocycles. The number of amides is 1. The van der Waals surface area contributed by atoms with Crippen molar-refractivity contribution < 1.29 is 9.53 Å². The van der Waals surface area contributed by atoms with E-state index in [1.54, 1.807) is 0 Å². The van der Waals surface area contributed by atoms with Gasteiger partial charge < -0.3 is 15.4 Å². The highest BCUT2D eigenvalue weighted by Crippen LogP contribution is 2.14. The van der Waals surface area contributed by atoms with Crippen LogP contribution in [0.2, 0.25) is 0 Å². The van der Waals surface area contributed by atoms with Crippen molar-refractivity contribution >= 4 is 5.91 Å². The largest absolute Gasteiger partial charge is 0.492 e. The van der Waals surface area contributed by atoms with Gasteiger partial charge in [0.15, 0.2) is 0 Å². The van der Waals surface area contributed by atoms with Crippen LogP contribution in [0.1, 0.15) is 37.7 Å². The summed E-state index contributed by atoms with van der Waals surface area (Å²) in [6, 6.07) is 7.80. The van der Waals surface area contributed by atoms with E-state index in [0.717, 1.165) is 30.7 Å². The van der Waals surface area contributed by atoms with Crippen LogP contribution in [0.5, 0.6) is 5.75 Å². The monoisotopic (exact) mass is 276 g/mol. The molecule has 1 heterocycles. The molecule has 0 atom stereocenters. The number of likely N-dealkylation sites (tertiary alicyclic amines) is 1. The number of carbonyl (C=O) groups is 1. The summed E-state index contributed by atoms with van der Waals surface area (Å²) >= 11 is 0. The van der Waals surface area contributed by atoms with Crippen LogP contribution in [0.3, 0.4) is 0 Å². The third kappa shape index (κ3) is 4.53. The van der Waals surface area contributed by atoms with Crippen molar-refractivity contribution in [2.75, 3.05) is 19.7 Å². The van der Waals surface area contributed by atoms with Crippen LogP contribution >= 0.6 is 0 Å². The van der Waals surface area contributed by atoms with Gasteiger partial charge in [-0.1, -0.05) is 25.0 Å². The predicted octanol–water partition coefficient (Wildman–Crippen LogP) is 2.32. The number of carbonyl (C=O) groups excluding carboxylic acids is 1. The molecule has 1 aromatic rings. The fourth-order valence-corrected chi connectivity index (χ4v) is 2.49. The van der Waals surface area contributed by atoms with E-state index in [2.05, 4.69) is 0 Å².